The molecule has 39 heavy (non-hydrogen) atoms. The fourth-order valence-corrected chi connectivity index (χ4v) is 4.15. The summed E-state index contributed by atoms with van der Waals surface area (Å²) in [5.41, 5.74) is 1.59. The smallest absolute Gasteiger partial charge is 0.326 e. The second kappa shape index (κ2) is 15.2. The molecule has 0 aromatic heterocycles. The van der Waals surface area contributed by atoms with E-state index in [0.717, 1.165) is 11.1 Å². The largest absolute Gasteiger partial charge is 0.481 e. The van der Waals surface area contributed by atoms with E-state index in [1.165, 1.54) is 13.8 Å². The van der Waals surface area contributed by atoms with E-state index in [-0.39, 0.29) is 25.0 Å². The zero-order valence-corrected chi connectivity index (χ0v) is 22.0. The lowest BCUT2D eigenvalue weighted by molar-refractivity contribution is -0.147. The van der Waals surface area contributed by atoms with Crippen LogP contribution in [0.25, 0.3) is 0 Å². The maximum absolute atomic E-state index is 13.1. The number of benzene rings is 2. The zero-order chi connectivity index (χ0) is 28.9. The van der Waals surface area contributed by atoms with Gasteiger partial charge in [0.2, 0.25) is 11.8 Å². The standard InChI is InChI=1S/C29H34N2O8/c1-18(32)13-22(14-20-9-5-3-6-10-20)27(36)30-19(2)25(33)16-23(15-21-11-7-4-8-12-21)28(37)31-24(29(38)39)17-26(34)35/h3-12,19,22-24H,13-17H2,1-2H3,(H,30,36)(H,31,37)(H,34,35)(H,38,39)/t19-,22-,23+,24-/m0/s1. The van der Waals surface area contributed by atoms with Gasteiger partial charge in [-0.15, -0.1) is 0 Å². The van der Waals surface area contributed by atoms with Gasteiger partial charge in [0.15, 0.2) is 5.78 Å². The Morgan fingerprint density at radius 2 is 1.15 bits per heavy atom. The predicted octanol–water partition coefficient (Wildman–Crippen LogP) is 2.19. The Kier molecular flexibility index (Phi) is 12.0. The van der Waals surface area contributed by atoms with Crippen LogP contribution in [0.5, 0.6) is 0 Å². The van der Waals surface area contributed by atoms with Crippen molar-refractivity contribution in [3.63, 3.8) is 0 Å². The van der Waals surface area contributed by atoms with Crippen molar-refractivity contribution in [1.29, 1.82) is 0 Å². The van der Waals surface area contributed by atoms with Crippen LogP contribution >= 0.6 is 0 Å². The van der Waals surface area contributed by atoms with E-state index < -0.39 is 59.9 Å². The summed E-state index contributed by atoms with van der Waals surface area (Å²) in [5.74, 6) is -6.48. The maximum atomic E-state index is 13.1. The topological polar surface area (TPSA) is 167 Å². The molecular weight excluding hydrogens is 504 g/mol. The Morgan fingerprint density at radius 3 is 1.59 bits per heavy atom. The number of rotatable bonds is 16. The average molecular weight is 539 g/mol. The highest BCUT2D eigenvalue weighted by molar-refractivity contribution is 5.94. The van der Waals surface area contributed by atoms with Gasteiger partial charge in [-0.05, 0) is 37.8 Å². The molecule has 10 nitrogen and oxygen atoms in total. The fourth-order valence-electron chi connectivity index (χ4n) is 4.15. The van der Waals surface area contributed by atoms with Gasteiger partial charge in [-0.1, -0.05) is 60.7 Å². The summed E-state index contributed by atoms with van der Waals surface area (Å²) < 4.78 is 0. The van der Waals surface area contributed by atoms with E-state index >= 15 is 0 Å². The monoisotopic (exact) mass is 538 g/mol. The summed E-state index contributed by atoms with van der Waals surface area (Å²) >= 11 is 0. The number of nitrogens with one attached hydrogen (secondary N) is 2. The number of carbonyl (C=O) groups excluding carboxylic acids is 4. The number of hydrogen-bond acceptors (Lipinski definition) is 6. The molecule has 0 saturated heterocycles. The molecule has 2 aromatic rings. The van der Waals surface area contributed by atoms with Crippen molar-refractivity contribution in [3.05, 3.63) is 71.8 Å². The average Bonchev–Trinajstić information content (AvgIpc) is 2.88. The number of amides is 2. The molecular formula is C29H34N2O8. The molecule has 0 heterocycles. The molecule has 0 aliphatic rings. The van der Waals surface area contributed by atoms with Crippen molar-refractivity contribution in [2.24, 2.45) is 11.8 Å². The van der Waals surface area contributed by atoms with Crippen LogP contribution in [0.1, 0.15) is 44.2 Å². The number of carbonyl (C=O) groups is 6. The predicted molar refractivity (Wildman–Crippen MR) is 142 cm³/mol. The number of Topliss-reactive ketones (excluding diaryl/α,β-unsaturated/α-hetero) is 2. The van der Waals surface area contributed by atoms with E-state index in [4.69, 9.17) is 5.11 Å². The number of aliphatic carboxylic acids is 2. The van der Waals surface area contributed by atoms with Crippen molar-refractivity contribution >= 4 is 35.3 Å². The first-order valence-corrected chi connectivity index (χ1v) is 12.6. The zero-order valence-electron chi connectivity index (χ0n) is 22.0. The van der Waals surface area contributed by atoms with Gasteiger partial charge < -0.3 is 25.6 Å². The van der Waals surface area contributed by atoms with Gasteiger partial charge >= 0.3 is 11.9 Å². The van der Waals surface area contributed by atoms with Crippen molar-refractivity contribution in [1.82, 2.24) is 10.6 Å². The Bertz CT molecular complexity index is 1170. The molecule has 0 radical (unpaired) electrons. The van der Waals surface area contributed by atoms with Crippen molar-refractivity contribution in [3.8, 4) is 0 Å². The minimum atomic E-state index is -1.66. The molecule has 2 amide bonds. The Hall–Kier alpha value is -4.34. The van der Waals surface area contributed by atoms with E-state index in [1.54, 1.807) is 30.3 Å². The van der Waals surface area contributed by atoms with Crippen LogP contribution in [0.15, 0.2) is 60.7 Å². The molecule has 0 saturated carbocycles. The number of ketones is 2. The molecule has 208 valence electrons. The van der Waals surface area contributed by atoms with E-state index in [1.807, 2.05) is 30.3 Å². The van der Waals surface area contributed by atoms with E-state index in [9.17, 15) is 33.9 Å². The Balaban J connectivity index is 2.14. The van der Waals surface area contributed by atoms with Crippen LogP contribution in [0.3, 0.4) is 0 Å². The van der Waals surface area contributed by atoms with Gasteiger partial charge in [0.05, 0.1) is 12.5 Å². The molecule has 0 unspecified atom stereocenters. The summed E-state index contributed by atoms with van der Waals surface area (Å²) in [7, 11) is 0. The normalized spacial score (nSPS) is 13.8. The second-order valence-corrected chi connectivity index (χ2v) is 9.58. The first-order valence-electron chi connectivity index (χ1n) is 12.6. The third-order valence-corrected chi connectivity index (χ3v) is 6.21. The summed E-state index contributed by atoms with van der Waals surface area (Å²) in [6.45, 7) is 2.87. The third kappa shape index (κ3) is 10.9. The molecule has 0 spiro atoms. The first-order chi connectivity index (χ1) is 18.5. The van der Waals surface area contributed by atoms with Crippen molar-refractivity contribution in [2.75, 3.05) is 0 Å². The van der Waals surface area contributed by atoms with E-state index in [2.05, 4.69) is 10.6 Å². The Labute approximate surface area is 226 Å². The first kappa shape index (κ1) is 30.9. The Morgan fingerprint density at radius 1 is 0.692 bits per heavy atom. The molecule has 10 heteroatoms. The lowest BCUT2D eigenvalue weighted by atomic mass is 9.90. The fraction of sp³-hybridized carbons (Fsp3) is 0.379. The molecule has 0 aliphatic carbocycles. The van der Waals surface area contributed by atoms with Crippen molar-refractivity contribution < 1.29 is 39.0 Å². The number of carboxylic acids is 2. The molecule has 2 aromatic carbocycles. The van der Waals surface area contributed by atoms with Gasteiger partial charge in [-0.2, -0.15) is 0 Å². The molecule has 0 fully saturated rings. The third-order valence-electron chi connectivity index (χ3n) is 6.21. The maximum Gasteiger partial charge on any atom is 0.326 e. The lowest BCUT2D eigenvalue weighted by Crippen LogP contribution is -2.47. The minimum absolute atomic E-state index is 0.000824. The van der Waals surface area contributed by atoms with Crippen LogP contribution in [0.2, 0.25) is 0 Å². The summed E-state index contributed by atoms with van der Waals surface area (Å²) in [6.07, 6.45) is -0.733. The van der Waals surface area contributed by atoms with Crippen LogP contribution < -0.4 is 10.6 Å². The van der Waals surface area contributed by atoms with Gasteiger partial charge in [0, 0.05) is 24.7 Å². The van der Waals surface area contributed by atoms with E-state index in [0.29, 0.717) is 6.42 Å². The highest BCUT2D eigenvalue weighted by atomic mass is 16.4. The molecule has 4 N–H and O–H groups in total. The van der Waals surface area contributed by atoms with Crippen molar-refractivity contribution in [2.45, 2.75) is 58.0 Å². The van der Waals surface area contributed by atoms with Gasteiger partial charge in [-0.3, -0.25) is 19.2 Å². The highest BCUT2D eigenvalue weighted by Gasteiger charge is 2.31. The molecule has 0 bridgehead atoms. The second-order valence-electron chi connectivity index (χ2n) is 9.58. The minimum Gasteiger partial charge on any atom is -0.481 e. The lowest BCUT2D eigenvalue weighted by Gasteiger charge is -2.22. The molecule has 2 rings (SSSR count). The van der Waals surface area contributed by atoms with Gasteiger partial charge in [0.1, 0.15) is 11.8 Å². The molecule has 4 atom stereocenters. The number of hydrogen-bond donors (Lipinski definition) is 4. The van der Waals surface area contributed by atoms with Crippen LogP contribution in [-0.2, 0) is 41.6 Å². The van der Waals surface area contributed by atoms with Crippen LogP contribution in [0, 0.1) is 11.8 Å². The van der Waals surface area contributed by atoms with Gasteiger partial charge in [-0.25, -0.2) is 4.79 Å². The summed E-state index contributed by atoms with van der Waals surface area (Å²) in [4.78, 5) is 73.4. The highest BCUT2D eigenvalue weighted by Crippen LogP contribution is 2.17. The quantitative estimate of drug-likeness (QED) is 0.252. The van der Waals surface area contributed by atoms with Gasteiger partial charge in [0.25, 0.3) is 0 Å². The summed E-state index contributed by atoms with van der Waals surface area (Å²) in [5, 5.41) is 23.2. The van der Waals surface area contributed by atoms with Crippen LogP contribution in [0.4, 0.5) is 0 Å². The van der Waals surface area contributed by atoms with Crippen LogP contribution in [-0.4, -0.2) is 57.6 Å². The number of carboxylic acid groups (broad SMARTS) is 2. The SMILES string of the molecule is CC(=O)C[C@@H](Cc1ccccc1)C(=O)N[C@@H](C)C(=O)C[C@@H](Cc1ccccc1)C(=O)N[C@@H](CC(=O)O)C(=O)O. The summed E-state index contributed by atoms with van der Waals surface area (Å²) in [6, 6.07) is 15.3. The molecule has 0 aliphatic heterocycles.